The predicted molar refractivity (Wildman–Crippen MR) is 148 cm³/mol. The Labute approximate surface area is 229 Å². The predicted octanol–water partition coefficient (Wildman–Crippen LogP) is 7.76. The molecule has 5 aliphatic rings. The van der Waals surface area contributed by atoms with Gasteiger partial charge >= 0.3 is 5.97 Å². The van der Waals surface area contributed by atoms with Gasteiger partial charge in [0.25, 0.3) is 0 Å². The molecule has 5 nitrogen and oxygen atoms in total. The van der Waals surface area contributed by atoms with Crippen molar-refractivity contribution >= 4 is 11.8 Å². The molecule has 0 aliphatic heterocycles. The van der Waals surface area contributed by atoms with E-state index in [9.17, 15) is 14.7 Å². The highest BCUT2D eigenvalue weighted by atomic mass is 17.2. The third-order valence-corrected chi connectivity index (χ3v) is 13.6. The van der Waals surface area contributed by atoms with Gasteiger partial charge in [-0.2, -0.15) is 4.89 Å². The summed E-state index contributed by atoms with van der Waals surface area (Å²) in [5, 5.41) is 10.6. The summed E-state index contributed by atoms with van der Waals surface area (Å²) in [4.78, 5) is 38.4. The van der Waals surface area contributed by atoms with Crippen molar-refractivity contribution in [2.24, 2.45) is 56.7 Å². The van der Waals surface area contributed by atoms with Crippen molar-refractivity contribution in [2.75, 3.05) is 0 Å². The quantitative estimate of drug-likeness (QED) is 0.230. The van der Waals surface area contributed by atoms with Crippen molar-refractivity contribution in [3.05, 3.63) is 24.0 Å². The van der Waals surface area contributed by atoms with Gasteiger partial charge in [-0.1, -0.05) is 47.1 Å². The Morgan fingerprint density at radius 3 is 2.37 bits per heavy atom. The van der Waals surface area contributed by atoms with Crippen LogP contribution in [0.1, 0.15) is 107 Å². The molecule has 0 radical (unpaired) electrons. The zero-order chi connectivity index (χ0) is 27.9. The fraction of sp³-hybridized carbons (Fsp3) is 0.818. The van der Waals surface area contributed by atoms with Gasteiger partial charge in [0, 0.05) is 5.92 Å². The van der Waals surface area contributed by atoms with Crippen LogP contribution in [0.5, 0.6) is 0 Å². The summed E-state index contributed by atoms with van der Waals surface area (Å²) in [6, 6.07) is 0. The molecule has 0 bridgehead atoms. The van der Waals surface area contributed by atoms with Crippen molar-refractivity contribution in [3.63, 3.8) is 0 Å². The highest BCUT2D eigenvalue weighted by Gasteiger charge is 2.72. The minimum Gasteiger partial charge on any atom is -0.481 e. The molecule has 11 atom stereocenters. The summed E-state index contributed by atoms with van der Waals surface area (Å²) in [7, 11) is 0. The summed E-state index contributed by atoms with van der Waals surface area (Å²) < 4.78 is 0. The lowest BCUT2D eigenvalue weighted by molar-refractivity contribution is -0.330. The first-order chi connectivity index (χ1) is 17.7. The number of rotatable bonds is 4. The van der Waals surface area contributed by atoms with Crippen LogP contribution in [0, 0.1) is 56.7 Å². The maximum Gasteiger partial charge on any atom is 0.312 e. The van der Waals surface area contributed by atoms with E-state index in [1.54, 1.807) is 6.08 Å². The average Bonchev–Trinajstić information content (AvgIpc) is 2.84. The molecule has 5 heteroatoms. The second-order valence-corrected chi connectivity index (χ2v) is 15.1. The number of carbonyl (C=O) groups is 2. The monoisotopic (exact) mass is 526 g/mol. The molecule has 0 amide bonds. The Morgan fingerprint density at radius 1 is 1.00 bits per heavy atom. The van der Waals surface area contributed by atoms with E-state index in [1.807, 2.05) is 13.8 Å². The minimum atomic E-state index is -1.13. The van der Waals surface area contributed by atoms with Gasteiger partial charge in [0.1, 0.15) is 12.4 Å². The zero-order valence-electron chi connectivity index (χ0n) is 24.9. The van der Waals surface area contributed by atoms with Crippen LogP contribution in [0.2, 0.25) is 0 Å². The van der Waals surface area contributed by atoms with E-state index in [2.05, 4.69) is 47.6 Å². The van der Waals surface area contributed by atoms with Crippen molar-refractivity contribution in [2.45, 2.75) is 113 Å². The first-order valence-electron chi connectivity index (χ1n) is 15.1. The summed E-state index contributed by atoms with van der Waals surface area (Å²) in [5.41, 5.74) is -0.0679. The van der Waals surface area contributed by atoms with E-state index in [0.717, 1.165) is 25.7 Å². The van der Waals surface area contributed by atoms with Gasteiger partial charge in [-0.3, -0.25) is 9.59 Å². The molecule has 1 N–H and O–H groups in total. The number of carboxylic acid groups (broad SMARTS) is 1. The molecule has 0 aromatic rings. The van der Waals surface area contributed by atoms with E-state index in [4.69, 9.17) is 9.78 Å². The molecule has 4 saturated carbocycles. The van der Waals surface area contributed by atoms with Gasteiger partial charge < -0.3 is 9.99 Å². The molecule has 212 valence electrons. The number of fused-ring (bicyclic) bond motifs is 7. The molecule has 0 aromatic carbocycles. The van der Waals surface area contributed by atoms with Gasteiger partial charge in [0.05, 0.1) is 5.41 Å². The normalized spacial score (nSPS) is 52.3. The number of carbonyl (C=O) groups excluding carboxylic acids is 1. The molecule has 0 saturated heterocycles. The van der Waals surface area contributed by atoms with Gasteiger partial charge in [-0.25, -0.2) is 0 Å². The SMILES string of the molecule is CC=COO[C@@H]1CC[C@@]2(C)C(CC[C@]3(C)C2C(=O)C=C2C4[C@@H](C)[C@H](C)CC[C@]4(C)CC[C@]23C)[C@@]1(C)C(=O)O. The first-order valence-corrected chi connectivity index (χ1v) is 15.1. The Balaban J connectivity index is 1.59. The molecular formula is C33H50O5. The number of hydrogen-bond donors (Lipinski definition) is 1. The summed E-state index contributed by atoms with van der Waals surface area (Å²) in [5.74, 6) is 0.743. The Bertz CT molecular complexity index is 1060. The molecule has 5 aliphatic carbocycles. The van der Waals surface area contributed by atoms with Crippen LogP contribution in [0.3, 0.4) is 0 Å². The van der Waals surface area contributed by atoms with E-state index in [0.29, 0.717) is 24.2 Å². The molecule has 0 spiro atoms. The van der Waals surface area contributed by atoms with Crippen LogP contribution in [-0.4, -0.2) is 23.0 Å². The molecule has 0 heterocycles. The molecule has 5 rings (SSSR count). The second-order valence-electron chi connectivity index (χ2n) is 15.1. The van der Waals surface area contributed by atoms with E-state index in [-0.39, 0.29) is 33.9 Å². The number of aliphatic carboxylic acids is 1. The number of ketones is 1. The van der Waals surface area contributed by atoms with Crippen LogP contribution in [0.4, 0.5) is 0 Å². The number of carboxylic acids is 1. The van der Waals surface area contributed by atoms with E-state index < -0.39 is 22.9 Å². The lowest BCUT2D eigenvalue weighted by atomic mass is 9.33. The largest absolute Gasteiger partial charge is 0.481 e. The molecule has 3 unspecified atom stereocenters. The van der Waals surface area contributed by atoms with Crippen LogP contribution < -0.4 is 0 Å². The van der Waals surface area contributed by atoms with Crippen LogP contribution in [-0.2, 0) is 19.4 Å². The van der Waals surface area contributed by atoms with Crippen molar-refractivity contribution in [3.8, 4) is 0 Å². The fourth-order valence-electron chi connectivity index (χ4n) is 10.9. The maximum atomic E-state index is 14.4. The summed E-state index contributed by atoms with van der Waals surface area (Å²) in [6.07, 6.45) is 12.6. The smallest absolute Gasteiger partial charge is 0.312 e. The van der Waals surface area contributed by atoms with Crippen molar-refractivity contribution in [1.29, 1.82) is 0 Å². The topological polar surface area (TPSA) is 72.8 Å². The second kappa shape index (κ2) is 8.94. The van der Waals surface area contributed by atoms with Gasteiger partial charge in [0.2, 0.25) is 0 Å². The van der Waals surface area contributed by atoms with Crippen molar-refractivity contribution in [1.82, 2.24) is 0 Å². The molecule has 0 aromatic heterocycles. The van der Waals surface area contributed by atoms with Crippen LogP contribution >= 0.6 is 0 Å². The Hall–Kier alpha value is -1.62. The lowest BCUT2D eigenvalue weighted by Gasteiger charge is -2.70. The first kappa shape index (κ1) is 27.9. The summed E-state index contributed by atoms with van der Waals surface area (Å²) >= 11 is 0. The zero-order valence-corrected chi connectivity index (χ0v) is 24.9. The molecular weight excluding hydrogens is 476 g/mol. The lowest BCUT2D eigenvalue weighted by Crippen LogP contribution is -2.68. The Morgan fingerprint density at radius 2 is 1.71 bits per heavy atom. The third kappa shape index (κ3) is 3.45. The number of allylic oxidation sites excluding steroid dienone is 3. The maximum absolute atomic E-state index is 14.4. The average molecular weight is 527 g/mol. The number of hydrogen-bond acceptors (Lipinski definition) is 4. The molecule has 4 fully saturated rings. The highest BCUT2D eigenvalue weighted by molar-refractivity contribution is 5.96. The van der Waals surface area contributed by atoms with Crippen LogP contribution in [0.25, 0.3) is 0 Å². The van der Waals surface area contributed by atoms with Crippen molar-refractivity contribution < 1.29 is 24.5 Å². The van der Waals surface area contributed by atoms with Crippen LogP contribution in [0.15, 0.2) is 24.0 Å². The third-order valence-electron chi connectivity index (χ3n) is 13.6. The highest BCUT2D eigenvalue weighted by Crippen LogP contribution is 2.75. The van der Waals surface area contributed by atoms with E-state index in [1.165, 1.54) is 31.1 Å². The minimum absolute atomic E-state index is 0.0446. The van der Waals surface area contributed by atoms with Gasteiger partial charge in [-0.05, 0) is 123 Å². The standard InChI is InChI=1S/C33H50O5/c1-9-18-37-38-25-12-14-30(5)24(33(25,8)28(35)36)11-15-32(7)27(30)23(34)19-22-26-21(3)20(2)10-13-29(26,4)16-17-31(22,32)6/h9,18-21,24-27H,10-17H2,1-8H3,(H,35,36)/t20-,21+,24?,25-,26?,27?,29-,30+,31-,32-,33-/m1/s1. The Kier molecular flexibility index (Phi) is 6.57. The van der Waals surface area contributed by atoms with Gasteiger partial charge in [-0.15, -0.1) is 0 Å². The molecule has 38 heavy (non-hydrogen) atoms. The van der Waals surface area contributed by atoms with E-state index >= 15 is 0 Å². The summed E-state index contributed by atoms with van der Waals surface area (Å²) in [6.45, 7) is 18.0. The van der Waals surface area contributed by atoms with Gasteiger partial charge in [0.15, 0.2) is 5.78 Å². The fourth-order valence-corrected chi connectivity index (χ4v) is 10.9.